The number of benzene rings is 2. The normalized spacial score (nSPS) is 17.7. The Bertz CT molecular complexity index is 1110. The summed E-state index contributed by atoms with van der Waals surface area (Å²) in [6.07, 6.45) is 1.91. The van der Waals surface area contributed by atoms with Gasteiger partial charge in [-0.25, -0.2) is 0 Å². The van der Waals surface area contributed by atoms with Gasteiger partial charge in [0.25, 0.3) is 0 Å². The number of aliphatic hydroxyl groups is 1. The molecule has 9 heteroatoms. The molecule has 1 spiro atoms. The van der Waals surface area contributed by atoms with Crippen LogP contribution in [0.25, 0.3) is 5.69 Å². The Morgan fingerprint density at radius 3 is 2.64 bits per heavy atom. The number of aromatic nitrogens is 3. The van der Waals surface area contributed by atoms with Crippen LogP contribution in [0.1, 0.15) is 42.3 Å². The lowest BCUT2D eigenvalue weighted by Gasteiger charge is -2.39. The van der Waals surface area contributed by atoms with Gasteiger partial charge in [-0.3, -0.25) is 4.57 Å². The van der Waals surface area contributed by atoms with E-state index >= 15 is 0 Å². The van der Waals surface area contributed by atoms with Crippen LogP contribution in [0.5, 0.6) is 0 Å². The number of hydrogen-bond donors (Lipinski definition) is 2. The Balaban J connectivity index is 0.000000617. The first-order valence-electron chi connectivity index (χ1n) is 11.2. The van der Waals surface area contributed by atoms with Crippen molar-refractivity contribution in [2.75, 3.05) is 24.6 Å². The third-order valence-corrected chi connectivity index (χ3v) is 6.70. The molecule has 0 unspecified atom stereocenters. The number of anilines is 1. The van der Waals surface area contributed by atoms with E-state index in [2.05, 4.69) is 55.3 Å². The molecule has 0 aliphatic carbocycles. The molecular weight excluding hydrogens is 461 g/mol. The van der Waals surface area contributed by atoms with Crippen LogP contribution in [0.4, 0.5) is 5.95 Å². The van der Waals surface area contributed by atoms with Crippen LogP contribution in [0.3, 0.4) is 0 Å². The number of ether oxygens (including phenoxy) is 1. The van der Waals surface area contributed by atoms with Gasteiger partial charge in [0.2, 0.25) is 5.95 Å². The van der Waals surface area contributed by atoms with E-state index in [1.165, 1.54) is 16.7 Å². The summed E-state index contributed by atoms with van der Waals surface area (Å²) in [4.78, 5) is 2.34. The summed E-state index contributed by atoms with van der Waals surface area (Å²) in [5.41, 5.74) is 4.82. The van der Waals surface area contributed by atoms with Crippen molar-refractivity contribution in [1.82, 2.24) is 20.1 Å². The number of hydrogen-bond acceptors (Lipinski definition) is 6. The van der Waals surface area contributed by atoms with E-state index in [4.69, 9.17) is 21.4 Å². The topological polar surface area (TPSA) is 75.4 Å². The first kappa shape index (κ1) is 24.0. The highest BCUT2D eigenvalue weighted by Crippen LogP contribution is 2.44. The third kappa shape index (κ3) is 4.36. The first-order chi connectivity index (χ1) is 15.6. The van der Waals surface area contributed by atoms with Crippen LogP contribution in [-0.2, 0) is 30.0 Å². The zero-order valence-electron chi connectivity index (χ0n) is 18.6. The predicted octanol–water partition coefficient (Wildman–Crippen LogP) is 3.97. The molecule has 0 bridgehead atoms. The number of piperidine rings is 1. The Kier molecular flexibility index (Phi) is 7.26. The van der Waals surface area contributed by atoms with Crippen molar-refractivity contribution < 1.29 is 9.84 Å². The van der Waals surface area contributed by atoms with Crippen molar-refractivity contribution in [1.29, 1.82) is 0 Å². The average molecular weight is 490 g/mol. The SMILES string of the molecule is CCO.Cl.Clc1ccc2c(c1)CNCc1nnc(N3CCC4(CC3)OCc3ccccc34)n1-2. The maximum absolute atomic E-state index is 7.57. The van der Waals surface area contributed by atoms with Gasteiger partial charge in [-0.2, -0.15) is 0 Å². The smallest absolute Gasteiger partial charge is 0.231 e. The number of nitrogens with zero attached hydrogens (tertiary/aromatic N) is 4. The van der Waals surface area contributed by atoms with Gasteiger partial charge < -0.3 is 20.1 Å². The van der Waals surface area contributed by atoms with Crippen molar-refractivity contribution in [2.24, 2.45) is 0 Å². The standard InChI is InChI=1S/C22H22ClN5O.C2H6O.ClH/c23-17-5-6-19-16(11-17)12-24-13-20-25-26-21(28(19)20)27-9-7-22(8-10-27)18-4-2-1-3-15(18)14-29-22;1-2-3;/h1-6,11,24H,7-10,12-14H2;3H,2H2,1H3;1H. The molecule has 6 rings (SSSR count). The number of aliphatic hydroxyl groups excluding tert-OH is 1. The average Bonchev–Trinajstić information content (AvgIpc) is 3.33. The van der Waals surface area contributed by atoms with Crippen molar-refractivity contribution in [3.63, 3.8) is 0 Å². The zero-order valence-corrected chi connectivity index (χ0v) is 20.2. The molecule has 1 saturated heterocycles. The Morgan fingerprint density at radius 1 is 1.09 bits per heavy atom. The molecule has 0 amide bonds. The van der Waals surface area contributed by atoms with Gasteiger partial charge in [0.05, 0.1) is 24.4 Å². The largest absolute Gasteiger partial charge is 0.397 e. The zero-order chi connectivity index (χ0) is 22.1. The summed E-state index contributed by atoms with van der Waals surface area (Å²) in [5.74, 6) is 1.84. The quantitative estimate of drug-likeness (QED) is 0.538. The van der Waals surface area contributed by atoms with Gasteiger partial charge in [-0.15, -0.1) is 22.6 Å². The van der Waals surface area contributed by atoms with Crippen LogP contribution < -0.4 is 10.2 Å². The minimum atomic E-state index is -0.151. The summed E-state index contributed by atoms with van der Waals surface area (Å²) in [6, 6.07) is 14.7. The minimum Gasteiger partial charge on any atom is -0.397 e. The Hall–Kier alpha value is -2.16. The van der Waals surface area contributed by atoms with Crippen LogP contribution in [0.2, 0.25) is 5.02 Å². The van der Waals surface area contributed by atoms with E-state index in [1.807, 2.05) is 12.1 Å². The number of fused-ring (bicyclic) bond motifs is 5. The fraction of sp³-hybridized carbons (Fsp3) is 0.417. The van der Waals surface area contributed by atoms with Gasteiger partial charge in [-0.1, -0.05) is 35.9 Å². The molecular formula is C24H29Cl2N5O2. The molecule has 0 saturated carbocycles. The molecule has 3 aliphatic heterocycles. The molecule has 0 radical (unpaired) electrons. The molecule has 4 heterocycles. The molecule has 0 atom stereocenters. The van der Waals surface area contributed by atoms with E-state index in [0.717, 1.165) is 61.6 Å². The molecule has 1 aromatic heterocycles. The second kappa shape index (κ2) is 9.99. The van der Waals surface area contributed by atoms with Gasteiger partial charge in [0.15, 0.2) is 5.82 Å². The van der Waals surface area contributed by atoms with Crippen molar-refractivity contribution in [3.8, 4) is 5.69 Å². The molecule has 3 aliphatic rings. The van der Waals surface area contributed by atoms with Crippen molar-refractivity contribution >= 4 is 30.0 Å². The van der Waals surface area contributed by atoms with E-state index in [-0.39, 0.29) is 24.6 Å². The summed E-state index contributed by atoms with van der Waals surface area (Å²) < 4.78 is 8.51. The van der Waals surface area contributed by atoms with Crippen LogP contribution in [0.15, 0.2) is 42.5 Å². The van der Waals surface area contributed by atoms with Gasteiger partial charge in [0, 0.05) is 31.3 Å². The lowest BCUT2D eigenvalue weighted by atomic mass is 9.84. The van der Waals surface area contributed by atoms with Crippen LogP contribution in [-0.4, -0.2) is 39.6 Å². The molecule has 2 aromatic carbocycles. The number of nitrogens with one attached hydrogen (secondary N) is 1. The van der Waals surface area contributed by atoms with Gasteiger partial charge in [0.1, 0.15) is 0 Å². The molecule has 1 fully saturated rings. The summed E-state index contributed by atoms with van der Waals surface area (Å²) in [5, 5.41) is 20.8. The number of rotatable bonds is 1. The Morgan fingerprint density at radius 2 is 1.85 bits per heavy atom. The molecule has 7 nitrogen and oxygen atoms in total. The highest BCUT2D eigenvalue weighted by atomic mass is 35.5. The summed E-state index contributed by atoms with van der Waals surface area (Å²) in [6.45, 7) is 5.89. The van der Waals surface area contributed by atoms with Crippen LogP contribution >= 0.6 is 24.0 Å². The molecule has 3 aromatic rings. The highest BCUT2D eigenvalue weighted by molar-refractivity contribution is 6.30. The van der Waals surface area contributed by atoms with Crippen LogP contribution in [0, 0.1) is 0 Å². The lowest BCUT2D eigenvalue weighted by Crippen LogP contribution is -2.43. The second-order valence-electron chi connectivity index (χ2n) is 8.37. The summed E-state index contributed by atoms with van der Waals surface area (Å²) >= 11 is 6.24. The second-order valence-corrected chi connectivity index (χ2v) is 8.81. The van der Waals surface area contributed by atoms with E-state index in [9.17, 15) is 0 Å². The van der Waals surface area contributed by atoms with E-state index in [0.29, 0.717) is 6.54 Å². The fourth-order valence-electron chi connectivity index (χ4n) is 4.96. The highest BCUT2D eigenvalue weighted by Gasteiger charge is 2.43. The molecule has 2 N–H and O–H groups in total. The molecule has 176 valence electrons. The predicted molar refractivity (Wildman–Crippen MR) is 131 cm³/mol. The Labute approximate surface area is 205 Å². The fourth-order valence-corrected chi connectivity index (χ4v) is 5.16. The van der Waals surface area contributed by atoms with Gasteiger partial charge in [-0.05, 0) is 54.7 Å². The van der Waals surface area contributed by atoms with Crippen molar-refractivity contribution in [2.45, 2.75) is 45.1 Å². The minimum absolute atomic E-state index is 0. The van der Waals surface area contributed by atoms with Crippen molar-refractivity contribution in [3.05, 3.63) is 70.0 Å². The third-order valence-electron chi connectivity index (χ3n) is 6.46. The van der Waals surface area contributed by atoms with E-state index < -0.39 is 0 Å². The molecule has 33 heavy (non-hydrogen) atoms. The van der Waals surface area contributed by atoms with Gasteiger partial charge >= 0.3 is 0 Å². The summed E-state index contributed by atoms with van der Waals surface area (Å²) in [7, 11) is 0. The number of halogens is 2. The lowest BCUT2D eigenvalue weighted by molar-refractivity contribution is -0.0553. The first-order valence-corrected chi connectivity index (χ1v) is 11.5. The monoisotopic (exact) mass is 489 g/mol. The maximum Gasteiger partial charge on any atom is 0.231 e. The maximum atomic E-state index is 7.57. The van der Waals surface area contributed by atoms with E-state index in [1.54, 1.807) is 6.92 Å².